The maximum atomic E-state index is 5.44. The summed E-state index contributed by atoms with van der Waals surface area (Å²) in [4.78, 5) is 2.45. The first-order valence-electron chi connectivity index (χ1n) is 7.49. The third-order valence-corrected chi connectivity index (χ3v) is 5.19. The van der Waals surface area contributed by atoms with Crippen LogP contribution in [-0.4, -0.2) is 43.8 Å². The molecule has 3 rings (SSSR count). The molecule has 1 N–H and O–H groups in total. The van der Waals surface area contributed by atoms with Crippen LogP contribution in [0.3, 0.4) is 0 Å². The van der Waals surface area contributed by atoms with Crippen molar-refractivity contribution < 1.29 is 4.74 Å². The summed E-state index contributed by atoms with van der Waals surface area (Å²) in [6.45, 7) is 4.88. The minimum absolute atomic E-state index is 0.498. The SMILES string of the molecule is BrC1=CC(N2CCOCC2)=CC2NCCCCCC12. The Bertz CT molecular complexity index is 374. The molecule has 2 aliphatic heterocycles. The molecule has 2 saturated heterocycles. The highest BCUT2D eigenvalue weighted by molar-refractivity contribution is 9.11. The normalized spacial score (nSPS) is 32.8. The van der Waals surface area contributed by atoms with Gasteiger partial charge in [-0.1, -0.05) is 28.8 Å². The molecule has 4 heteroatoms. The van der Waals surface area contributed by atoms with Gasteiger partial charge >= 0.3 is 0 Å². The summed E-state index contributed by atoms with van der Waals surface area (Å²) < 4.78 is 6.81. The van der Waals surface area contributed by atoms with Crippen molar-refractivity contribution in [1.29, 1.82) is 0 Å². The molecule has 0 amide bonds. The Labute approximate surface area is 124 Å². The lowest BCUT2D eigenvalue weighted by molar-refractivity contribution is 0.0548. The predicted molar refractivity (Wildman–Crippen MR) is 81.2 cm³/mol. The van der Waals surface area contributed by atoms with Crippen LogP contribution in [0.5, 0.6) is 0 Å². The van der Waals surface area contributed by atoms with Crippen LogP contribution in [0.25, 0.3) is 0 Å². The van der Waals surface area contributed by atoms with E-state index >= 15 is 0 Å². The van der Waals surface area contributed by atoms with Crippen LogP contribution in [0.4, 0.5) is 0 Å². The number of halogens is 1. The number of morpholine rings is 1. The lowest BCUT2D eigenvalue weighted by atomic mass is 9.87. The fourth-order valence-electron chi connectivity index (χ4n) is 3.24. The van der Waals surface area contributed by atoms with Gasteiger partial charge in [0.25, 0.3) is 0 Å². The Kier molecular flexibility index (Phi) is 4.61. The number of nitrogens with one attached hydrogen (secondary N) is 1. The van der Waals surface area contributed by atoms with Gasteiger partial charge in [0, 0.05) is 35.2 Å². The number of hydrogen-bond donors (Lipinski definition) is 1. The lowest BCUT2D eigenvalue weighted by Gasteiger charge is -2.36. The second-order valence-electron chi connectivity index (χ2n) is 5.66. The first kappa shape index (κ1) is 13.7. The predicted octanol–water partition coefficient (Wildman–Crippen LogP) is 2.64. The number of allylic oxidation sites excluding steroid dienone is 1. The minimum Gasteiger partial charge on any atom is -0.378 e. The fourth-order valence-corrected chi connectivity index (χ4v) is 3.99. The van der Waals surface area contributed by atoms with Crippen molar-refractivity contribution in [2.24, 2.45) is 5.92 Å². The van der Waals surface area contributed by atoms with E-state index in [-0.39, 0.29) is 0 Å². The maximum Gasteiger partial charge on any atom is 0.0642 e. The van der Waals surface area contributed by atoms with Crippen LogP contribution in [0.2, 0.25) is 0 Å². The zero-order valence-corrected chi connectivity index (χ0v) is 13.0. The summed E-state index contributed by atoms with van der Waals surface area (Å²) in [6, 6.07) is 0.498. The van der Waals surface area contributed by atoms with E-state index in [1.165, 1.54) is 35.9 Å². The van der Waals surface area contributed by atoms with Crippen molar-refractivity contribution >= 4 is 15.9 Å². The van der Waals surface area contributed by atoms with E-state index < -0.39 is 0 Å². The average molecular weight is 327 g/mol. The summed E-state index contributed by atoms with van der Waals surface area (Å²) in [5, 5.41) is 3.72. The molecule has 3 nitrogen and oxygen atoms in total. The number of fused-ring (bicyclic) bond motifs is 1. The molecule has 1 aliphatic carbocycles. The Morgan fingerprint density at radius 2 is 2.05 bits per heavy atom. The van der Waals surface area contributed by atoms with Gasteiger partial charge in [-0.2, -0.15) is 0 Å². The van der Waals surface area contributed by atoms with Gasteiger partial charge in [0.05, 0.1) is 13.2 Å². The lowest BCUT2D eigenvalue weighted by Crippen LogP contribution is -2.42. The fraction of sp³-hybridized carbons (Fsp3) is 0.733. The van der Waals surface area contributed by atoms with E-state index in [9.17, 15) is 0 Å². The van der Waals surface area contributed by atoms with E-state index in [0.717, 1.165) is 32.8 Å². The van der Waals surface area contributed by atoms with Crippen molar-refractivity contribution in [2.75, 3.05) is 32.8 Å². The molecule has 19 heavy (non-hydrogen) atoms. The Morgan fingerprint density at radius 3 is 2.89 bits per heavy atom. The molecular formula is C15H23BrN2O. The van der Waals surface area contributed by atoms with Crippen LogP contribution in [0.15, 0.2) is 22.3 Å². The molecule has 0 bridgehead atoms. The highest BCUT2D eigenvalue weighted by Gasteiger charge is 2.28. The summed E-state index contributed by atoms with van der Waals surface area (Å²) in [5.74, 6) is 0.630. The minimum atomic E-state index is 0.498. The van der Waals surface area contributed by atoms with E-state index in [1.54, 1.807) is 0 Å². The maximum absolute atomic E-state index is 5.44. The van der Waals surface area contributed by atoms with Crippen molar-refractivity contribution in [2.45, 2.75) is 31.7 Å². The van der Waals surface area contributed by atoms with Gasteiger partial charge in [-0.3, -0.25) is 0 Å². The standard InChI is InChI=1S/C15H23BrN2O/c16-14-10-12(18-6-8-19-9-7-18)11-15-13(14)4-2-1-3-5-17-15/h10-11,13,15,17H,1-9H2. The topological polar surface area (TPSA) is 24.5 Å². The van der Waals surface area contributed by atoms with Crippen LogP contribution in [-0.2, 0) is 4.74 Å². The number of rotatable bonds is 1. The largest absolute Gasteiger partial charge is 0.378 e. The van der Waals surface area contributed by atoms with Gasteiger partial charge in [-0.25, -0.2) is 0 Å². The molecule has 0 radical (unpaired) electrons. The Morgan fingerprint density at radius 1 is 1.21 bits per heavy atom. The Hall–Kier alpha value is -0.320. The number of nitrogens with zero attached hydrogens (tertiary/aromatic N) is 1. The smallest absolute Gasteiger partial charge is 0.0642 e. The van der Waals surface area contributed by atoms with Gasteiger partial charge in [-0.15, -0.1) is 0 Å². The first-order chi connectivity index (χ1) is 9.34. The highest BCUT2D eigenvalue weighted by Crippen LogP contribution is 2.34. The van der Waals surface area contributed by atoms with Gasteiger partial charge < -0.3 is 15.0 Å². The molecule has 0 aromatic carbocycles. The summed E-state index contributed by atoms with van der Waals surface area (Å²) in [6.07, 6.45) is 10.1. The quantitative estimate of drug-likeness (QED) is 0.801. The zero-order valence-electron chi connectivity index (χ0n) is 11.4. The van der Waals surface area contributed by atoms with Crippen molar-refractivity contribution in [3.8, 4) is 0 Å². The van der Waals surface area contributed by atoms with E-state index in [1.807, 2.05) is 0 Å². The molecule has 0 saturated carbocycles. The molecule has 3 aliphatic rings. The van der Waals surface area contributed by atoms with E-state index in [4.69, 9.17) is 4.74 Å². The van der Waals surface area contributed by atoms with Crippen molar-refractivity contribution in [1.82, 2.24) is 10.2 Å². The van der Waals surface area contributed by atoms with E-state index in [2.05, 4.69) is 38.3 Å². The second kappa shape index (κ2) is 6.42. The molecule has 0 spiro atoms. The van der Waals surface area contributed by atoms with Crippen LogP contribution < -0.4 is 5.32 Å². The molecule has 0 aromatic heterocycles. The third-order valence-electron chi connectivity index (χ3n) is 4.37. The molecule has 2 atom stereocenters. The molecule has 106 valence electrons. The summed E-state index contributed by atoms with van der Waals surface area (Å²) in [7, 11) is 0. The number of hydrogen-bond acceptors (Lipinski definition) is 3. The molecular weight excluding hydrogens is 304 g/mol. The highest BCUT2D eigenvalue weighted by atomic mass is 79.9. The van der Waals surface area contributed by atoms with Gasteiger partial charge in [0.2, 0.25) is 0 Å². The first-order valence-corrected chi connectivity index (χ1v) is 8.29. The van der Waals surface area contributed by atoms with Gasteiger partial charge in [0.1, 0.15) is 0 Å². The van der Waals surface area contributed by atoms with Crippen molar-refractivity contribution in [3.63, 3.8) is 0 Å². The van der Waals surface area contributed by atoms with Crippen LogP contribution in [0.1, 0.15) is 25.7 Å². The summed E-state index contributed by atoms with van der Waals surface area (Å²) >= 11 is 3.82. The monoisotopic (exact) mass is 326 g/mol. The van der Waals surface area contributed by atoms with Gasteiger partial charge in [-0.05, 0) is 31.5 Å². The average Bonchev–Trinajstić information content (AvgIpc) is 2.41. The second-order valence-corrected chi connectivity index (χ2v) is 6.57. The van der Waals surface area contributed by atoms with Crippen molar-refractivity contribution in [3.05, 3.63) is 22.3 Å². The molecule has 2 heterocycles. The summed E-state index contributed by atoms with van der Waals surface area (Å²) in [5.41, 5.74) is 1.37. The van der Waals surface area contributed by atoms with E-state index in [0.29, 0.717) is 12.0 Å². The Balaban J connectivity index is 1.76. The number of ether oxygens (including phenoxy) is 1. The van der Waals surface area contributed by atoms with Crippen LogP contribution >= 0.6 is 15.9 Å². The zero-order chi connectivity index (χ0) is 13.1. The molecule has 0 aromatic rings. The van der Waals surface area contributed by atoms with Crippen LogP contribution in [0, 0.1) is 5.92 Å². The molecule has 2 unspecified atom stereocenters. The third kappa shape index (κ3) is 3.23. The van der Waals surface area contributed by atoms with Gasteiger partial charge in [0.15, 0.2) is 0 Å². The molecule has 2 fully saturated rings.